The van der Waals surface area contributed by atoms with Crippen LogP contribution in [0.25, 0.3) is 0 Å². The molecule has 0 aromatic heterocycles. The van der Waals surface area contributed by atoms with Crippen LogP contribution in [0.3, 0.4) is 0 Å². The number of carbonyl (C=O) groups is 2. The van der Waals surface area contributed by atoms with Crippen molar-refractivity contribution < 1.29 is 31.2 Å². The average Bonchev–Trinajstić information content (AvgIpc) is 3.01. The molecule has 1 unspecified atom stereocenters. The van der Waals surface area contributed by atoms with E-state index in [-0.39, 0.29) is 22.2 Å². The molecule has 0 heterocycles. The van der Waals surface area contributed by atoms with E-state index in [1.165, 1.54) is 141 Å². The van der Waals surface area contributed by atoms with Gasteiger partial charge >= 0.3 is 5.91 Å². The number of hydrogen-bond donors (Lipinski definition) is 0. The van der Waals surface area contributed by atoms with Crippen molar-refractivity contribution >= 4 is 22.1 Å². The SMILES string of the molecule is CCCCCCCCCCCCCCCC(=O)C[N+](C)(C(=O)CCCCCCCCCCCCCCC)C(C)C.COS(=O)(=O)[O-]. The maximum absolute atomic E-state index is 13.2. The summed E-state index contributed by atoms with van der Waals surface area (Å²) in [5.74, 6) is 0.537. The summed E-state index contributed by atoms with van der Waals surface area (Å²) >= 11 is 0. The quantitative estimate of drug-likeness (QED) is 0.0304. The van der Waals surface area contributed by atoms with Crippen molar-refractivity contribution in [3.63, 3.8) is 0 Å². The van der Waals surface area contributed by atoms with E-state index in [0.29, 0.717) is 19.4 Å². The van der Waals surface area contributed by atoms with Crippen LogP contribution in [-0.4, -0.2) is 55.9 Å². The summed E-state index contributed by atoms with van der Waals surface area (Å²) in [5.41, 5.74) is 0. The maximum Gasteiger partial charge on any atom is 0.314 e. The highest BCUT2D eigenvalue weighted by molar-refractivity contribution is 7.80. The number of ketones is 1. The Hall–Kier alpha value is -0.830. The van der Waals surface area contributed by atoms with E-state index in [1.807, 2.05) is 7.05 Å². The minimum Gasteiger partial charge on any atom is -0.726 e. The largest absolute Gasteiger partial charge is 0.726 e. The molecular formula is C38H77NO6S. The monoisotopic (exact) mass is 676 g/mol. The third kappa shape index (κ3) is 31.8. The van der Waals surface area contributed by atoms with E-state index in [4.69, 9.17) is 0 Å². The smallest absolute Gasteiger partial charge is 0.314 e. The van der Waals surface area contributed by atoms with Gasteiger partial charge in [-0.15, -0.1) is 0 Å². The molecule has 7 nitrogen and oxygen atoms in total. The van der Waals surface area contributed by atoms with E-state index in [9.17, 15) is 22.6 Å². The Morgan fingerprint density at radius 2 is 0.826 bits per heavy atom. The molecule has 0 fully saturated rings. The topological polar surface area (TPSA) is 101 Å². The molecule has 0 aliphatic carbocycles. The summed E-state index contributed by atoms with van der Waals surface area (Å²) < 4.78 is 31.3. The van der Waals surface area contributed by atoms with E-state index < -0.39 is 10.4 Å². The molecule has 1 amide bonds. The first-order valence-corrected chi connectivity index (χ1v) is 20.7. The Morgan fingerprint density at radius 3 is 1.09 bits per heavy atom. The molecule has 8 heteroatoms. The lowest BCUT2D eigenvalue weighted by Crippen LogP contribution is -2.56. The predicted octanol–water partition coefficient (Wildman–Crippen LogP) is 11.0. The molecule has 0 saturated carbocycles. The first-order chi connectivity index (χ1) is 21.9. The standard InChI is InChI=1S/C37H74NO2.CH4O4S/c1-6-8-10-12-14-16-18-20-22-24-26-28-30-32-36(39)34-38(5,35(3)4)37(40)33-31-29-27-25-23-21-19-17-15-13-11-9-7-2;1-5-6(2,3)4/h35H,6-34H2,1-5H3;1H3,(H,2,3,4)/q+1;/p-1. The summed E-state index contributed by atoms with van der Waals surface area (Å²) in [6.45, 7) is 9.13. The predicted molar refractivity (Wildman–Crippen MR) is 194 cm³/mol. The van der Waals surface area contributed by atoms with Crippen molar-refractivity contribution in [2.45, 2.75) is 214 Å². The lowest BCUT2D eigenvalue weighted by Gasteiger charge is -2.35. The first kappa shape index (κ1) is 47.3. The lowest BCUT2D eigenvalue weighted by molar-refractivity contribution is -0.848. The van der Waals surface area contributed by atoms with Gasteiger partial charge in [0.25, 0.3) is 0 Å². The van der Waals surface area contributed by atoms with Crippen LogP contribution in [0.4, 0.5) is 0 Å². The number of quaternary nitrogens is 1. The highest BCUT2D eigenvalue weighted by Crippen LogP contribution is 2.19. The molecule has 0 spiro atoms. The Balaban J connectivity index is 0. The van der Waals surface area contributed by atoms with E-state index in [1.54, 1.807) is 0 Å². The Morgan fingerprint density at radius 1 is 0.565 bits per heavy atom. The normalized spacial score (nSPS) is 13.0. The number of unbranched alkanes of at least 4 members (excludes halogenated alkanes) is 24. The van der Waals surface area contributed by atoms with Gasteiger partial charge in [-0.2, -0.15) is 0 Å². The molecule has 0 aromatic carbocycles. The second-order valence-electron chi connectivity index (χ2n) is 14.0. The second-order valence-corrected chi connectivity index (χ2v) is 15.2. The number of likely N-dealkylation sites (N-methyl/N-ethyl adjacent to an activating group) is 1. The highest BCUT2D eigenvalue weighted by atomic mass is 32.3. The fourth-order valence-electron chi connectivity index (χ4n) is 5.89. The summed E-state index contributed by atoms with van der Waals surface area (Å²) in [5, 5.41) is 0. The zero-order valence-electron chi connectivity index (χ0n) is 31.4. The van der Waals surface area contributed by atoms with Gasteiger partial charge in [-0.3, -0.25) is 13.5 Å². The minimum absolute atomic E-state index is 0.157. The number of carbonyl (C=O) groups excluding carboxylic acids is 2. The molecule has 0 rings (SSSR count). The second kappa shape index (κ2) is 32.7. The number of rotatable bonds is 32. The van der Waals surface area contributed by atoms with Crippen LogP contribution in [-0.2, 0) is 24.2 Å². The molecule has 0 aliphatic heterocycles. The lowest BCUT2D eigenvalue weighted by atomic mass is 10.0. The molecule has 0 radical (unpaired) electrons. The van der Waals surface area contributed by atoms with E-state index in [2.05, 4.69) is 31.9 Å². The summed E-state index contributed by atoms with van der Waals surface area (Å²) in [6, 6.07) is 0.157. The Labute approximate surface area is 286 Å². The fourth-order valence-corrected chi connectivity index (χ4v) is 5.89. The molecule has 0 aliphatic rings. The average molecular weight is 676 g/mol. The van der Waals surface area contributed by atoms with Crippen molar-refractivity contribution in [1.82, 2.24) is 0 Å². The van der Waals surface area contributed by atoms with Gasteiger partial charge in [-0.1, -0.05) is 168 Å². The molecule has 0 bridgehead atoms. The van der Waals surface area contributed by atoms with Gasteiger partial charge in [0.15, 0.2) is 5.78 Å². The van der Waals surface area contributed by atoms with Crippen LogP contribution < -0.4 is 0 Å². The van der Waals surface area contributed by atoms with Crippen LogP contribution in [0.1, 0.15) is 207 Å². The number of hydrogen-bond acceptors (Lipinski definition) is 6. The summed E-state index contributed by atoms with van der Waals surface area (Å²) in [6.07, 6.45) is 35.6. The molecule has 276 valence electrons. The van der Waals surface area contributed by atoms with Crippen molar-refractivity contribution in [3.05, 3.63) is 0 Å². The van der Waals surface area contributed by atoms with Gasteiger partial charge in [0.2, 0.25) is 10.4 Å². The number of amides is 1. The van der Waals surface area contributed by atoms with Crippen molar-refractivity contribution in [2.75, 3.05) is 20.7 Å². The molecule has 0 aromatic rings. The molecule has 46 heavy (non-hydrogen) atoms. The molecule has 0 saturated heterocycles. The van der Waals surface area contributed by atoms with Crippen molar-refractivity contribution in [3.8, 4) is 0 Å². The summed E-state index contributed by atoms with van der Waals surface area (Å²) in [7, 11) is -1.61. The molecular weight excluding hydrogens is 598 g/mol. The highest BCUT2D eigenvalue weighted by Gasteiger charge is 2.36. The third-order valence-corrected chi connectivity index (χ3v) is 9.88. The van der Waals surface area contributed by atoms with Gasteiger partial charge < -0.3 is 4.55 Å². The Kier molecular flexibility index (Phi) is 33.6. The zero-order valence-corrected chi connectivity index (χ0v) is 32.2. The number of nitrogens with zero attached hydrogens (tertiary/aromatic N) is 1. The fraction of sp³-hybridized carbons (Fsp3) is 0.947. The van der Waals surface area contributed by atoms with Crippen molar-refractivity contribution in [2.24, 2.45) is 0 Å². The summed E-state index contributed by atoms with van der Waals surface area (Å²) in [4.78, 5) is 25.9. The zero-order chi connectivity index (χ0) is 34.9. The molecule has 1 atom stereocenters. The Bertz CT molecular complexity index is 801. The maximum atomic E-state index is 13.2. The van der Waals surface area contributed by atoms with Gasteiger partial charge in [0.1, 0.15) is 6.54 Å². The van der Waals surface area contributed by atoms with Crippen LogP contribution in [0.15, 0.2) is 0 Å². The van der Waals surface area contributed by atoms with Gasteiger partial charge in [0.05, 0.1) is 26.6 Å². The number of Topliss-reactive ketones (excluding diaryl/α,β-unsaturated/α-hetero) is 1. The van der Waals surface area contributed by atoms with Crippen LogP contribution in [0.5, 0.6) is 0 Å². The van der Waals surface area contributed by atoms with Gasteiger partial charge in [0, 0.05) is 6.42 Å². The van der Waals surface area contributed by atoms with Crippen LogP contribution in [0, 0.1) is 0 Å². The van der Waals surface area contributed by atoms with E-state index in [0.717, 1.165) is 32.8 Å². The van der Waals surface area contributed by atoms with Gasteiger partial charge in [-0.05, 0) is 26.7 Å². The molecule has 0 N–H and O–H groups in total. The van der Waals surface area contributed by atoms with Crippen molar-refractivity contribution in [1.29, 1.82) is 0 Å². The van der Waals surface area contributed by atoms with E-state index >= 15 is 0 Å². The van der Waals surface area contributed by atoms with Crippen LogP contribution in [0.2, 0.25) is 0 Å². The van der Waals surface area contributed by atoms with Gasteiger partial charge in [-0.25, -0.2) is 13.2 Å². The van der Waals surface area contributed by atoms with Crippen LogP contribution >= 0.6 is 0 Å². The minimum atomic E-state index is -4.41. The third-order valence-electron chi connectivity index (χ3n) is 9.47. The first-order valence-electron chi connectivity index (χ1n) is 19.4.